The summed E-state index contributed by atoms with van der Waals surface area (Å²) in [5.74, 6) is 1.88. The van der Waals surface area contributed by atoms with Gasteiger partial charge >= 0.3 is 6.36 Å². The van der Waals surface area contributed by atoms with Gasteiger partial charge in [0.1, 0.15) is 11.6 Å². The van der Waals surface area contributed by atoms with Crippen LogP contribution in [-0.2, 0) is 0 Å². The lowest BCUT2D eigenvalue weighted by Gasteiger charge is -2.23. The molecule has 1 saturated carbocycles. The summed E-state index contributed by atoms with van der Waals surface area (Å²) in [6, 6.07) is 13.1. The number of nitrogens with zero attached hydrogens (tertiary/aromatic N) is 2. The number of halogens is 3. The maximum atomic E-state index is 12.7. The predicted octanol–water partition coefficient (Wildman–Crippen LogP) is 6.26. The van der Waals surface area contributed by atoms with E-state index < -0.39 is 6.36 Å². The molecule has 10 heteroatoms. The van der Waals surface area contributed by atoms with Crippen molar-refractivity contribution in [1.29, 1.82) is 0 Å². The highest BCUT2D eigenvalue weighted by atomic mass is 19.4. The molecule has 0 amide bonds. The van der Waals surface area contributed by atoms with Crippen molar-refractivity contribution >= 4 is 17.5 Å². The number of aromatic nitrogens is 2. The van der Waals surface area contributed by atoms with Gasteiger partial charge in [0.05, 0.1) is 5.69 Å². The molecule has 2 heterocycles. The van der Waals surface area contributed by atoms with E-state index in [-0.39, 0.29) is 18.6 Å². The third kappa shape index (κ3) is 5.44. The SMILES string of the molecule is FC(F)(F)Oc1cccc(-c2cc(Nc3ccc4c(c3)OCO4)nc(NC3CCCCC3)n2)c1. The lowest BCUT2D eigenvalue weighted by Crippen LogP contribution is -2.23. The highest BCUT2D eigenvalue weighted by molar-refractivity contribution is 5.69. The molecular formula is C24H23F3N4O3. The zero-order valence-electron chi connectivity index (χ0n) is 18.2. The normalized spacial score (nSPS) is 15.7. The Balaban J connectivity index is 1.46. The molecule has 2 aromatic carbocycles. The molecule has 3 aromatic rings. The Kier molecular flexibility index (Phi) is 6.04. The van der Waals surface area contributed by atoms with Gasteiger partial charge in [-0.05, 0) is 37.1 Å². The fourth-order valence-corrected chi connectivity index (χ4v) is 4.13. The second-order valence-electron chi connectivity index (χ2n) is 8.21. The molecule has 1 fully saturated rings. The number of benzene rings is 2. The van der Waals surface area contributed by atoms with Gasteiger partial charge in [0.2, 0.25) is 12.7 Å². The van der Waals surface area contributed by atoms with Gasteiger partial charge in [0, 0.05) is 29.4 Å². The molecule has 5 rings (SSSR count). The van der Waals surface area contributed by atoms with Crippen LogP contribution in [0.15, 0.2) is 48.5 Å². The van der Waals surface area contributed by atoms with E-state index in [4.69, 9.17) is 9.47 Å². The average Bonchev–Trinajstić information content (AvgIpc) is 3.27. The Hall–Kier alpha value is -3.69. The number of fused-ring (bicyclic) bond motifs is 1. The van der Waals surface area contributed by atoms with E-state index in [1.807, 2.05) is 6.07 Å². The van der Waals surface area contributed by atoms with E-state index in [1.54, 1.807) is 24.3 Å². The molecule has 0 bridgehead atoms. The van der Waals surface area contributed by atoms with Gasteiger partial charge in [0.15, 0.2) is 11.5 Å². The molecule has 34 heavy (non-hydrogen) atoms. The first kappa shape index (κ1) is 22.1. The Morgan fingerprint density at radius 3 is 2.56 bits per heavy atom. The maximum absolute atomic E-state index is 12.7. The Bertz CT molecular complexity index is 1170. The molecular weight excluding hydrogens is 449 g/mol. The van der Waals surface area contributed by atoms with Crippen LogP contribution in [0.1, 0.15) is 32.1 Å². The molecule has 0 saturated heterocycles. The molecule has 1 aliphatic carbocycles. The monoisotopic (exact) mass is 472 g/mol. The van der Waals surface area contributed by atoms with Crippen LogP contribution in [0.3, 0.4) is 0 Å². The van der Waals surface area contributed by atoms with E-state index >= 15 is 0 Å². The van der Waals surface area contributed by atoms with Gasteiger partial charge in [0.25, 0.3) is 0 Å². The largest absolute Gasteiger partial charge is 0.573 e. The summed E-state index contributed by atoms with van der Waals surface area (Å²) in [4.78, 5) is 9.20. The number of hydrogen-bond acceptors (Lipinski definition) is 7. The zero-order chi connectivity index (χ0) is 23.5. The van der Waals surface area contributed by atoms with Crippen LogP contribution >= 0.6 is 0 Å². The molecule has 7 nitrogen and oxygen atoms in total. The fraction of sp³-hybridized carbons (Fsp3) is 0.333. The van der Waals surface area contributed by atoms with E-state index in [0.29, 0.717) is 34.5 Å². The van der Waals surface area contributed by atoms with Crippen LogP contribution in [-0.4, -0.2) is 29.2 Å². The van der Waals surface area contributed by atoms with Crippen LogP contribution in [0.25, 0.3) is 11.3 Å². The molecule has 0 radical (unpaired) electrons. The zero-order valence-corrected chi connectivity index (χ0v) is 18.2. The first-order chi connectivity index (χ1) is 16.4. The summed E-state index contributed by atoms with van der Waals surface area (Å²) in [7, 11) is 0. The van der Waals surface area contributed by atoms with Gasteiger partial charge in [-0.15, -0.1) is 13.2 Å². The van der Waals surface area contributed by atoms with Crippen LogP contribution < -0.4 is 24.8 Å². The lowest BCUT2D eigenvalue weighted by atomic mass is 9.96. The van der Waals surface area contributed by atoms with E-state index in [1.165, 1.54) is 24.6 Å². The van der Waals surface area contributed by atoms with Crippen molar-refractivity contribution in [3.05, 3.63) is 48.5 Å². The Morgan fingerprint density at radius 2 is 1.74 bits per heavy atom. The predicted molar refractivity (Wildman–Crippen MR) is 120 cm³/mol. The van der Waals surface area contributed by atoms with Crippen LogP contribution in [0.5, 0.6) is 17.2 Å². The van der Waals surface area contributed by atoms with Crippen LogP contribution in [0.4, 0.5) is 30.6 Å². The van der Waals surface area contributed by atoms with Crippen molar-refractivity contribution in [1.82, 2.24) is 9.97 Å². The maximum Gasteiger partial charge on any atom is 0.573 e. The summed E-state index contributed by atoms with van der Waals surface area (Å²) < 4.78 is 53.0. The van der Waals surface area contributed by atoms with Gasteiger partial charge < -0.3 is 24.8 Å². The van der Waals surface area contributed by atoms with Crippen molar-refractivity contribution in [2.75, 3.05) is 17.4 Å². The van der Waals surface area contributed by atoms with E-state index in [0.717, 1.165) is 31.4 Å². The van der Waals surface area contributed by atoms with Crippen LogP contribution in [0, 0.1) is 0 Å². The van der Waals surface area contributed by atoms with Crippen molar-refractivity contribution in [3.8, 4) is 28.5 Å². The van der Waals surface area contributed by atoms with Gasteiger partial charge in [-0.25, -0.2) is 4.98 Å². The minimum Gasteiger partial charge on any atom is -0.454 e. The number of anilines is 3. The molecule has 0 spiro atoms. The molecule has 2 aliphatic rings. The first-order valence-corrected chi connectivity index (χ1v) is 11.1. The van der Waals surface area contributed by atoms with Gasteiger partial charge in [-0.2, -0.15) is 4.98 Å². The lowest BCUT2D eigenvalue weighted by molar-refractivity contribution is -0.274. The van der Waals surface area contributed by atoms with Crippen LogP contribution in [0.2, 0.25) is 0 Å². The van der Waals surface area contributed by atoms with E-state index in [9.17, 15) is 13.2 Å². The molecule has 1 aliphatic heterocycles. The third-order valence-electron chi connectivity index (χ3n) is 5.67. The quantitative estimate of drug-likeness (QED) is 0.439. The molecule has 2 N–H and O–H groups in total. The number of hydrogen-bond donors (Lipinski definition) is 2. The summed E-state index contributed by atoms with van der Waals surface area (Å²) >= 11 is 0. The second kappa shape index (κ2) is 9.28. The first-order valence-electron chi connectivity index (χ1n) is 11.1. The minimum absolute atomic E-state index is 0.169. The highest BCUT2D eigenvalue weighted by Crippen LogP contribution is 2.36. The number of rotatable bonds is 6. The molecule has 0 unspecified atom stereocenters. The molecule has 178 valence electrons. The fourth-order valence-electron chi connectivity index (χ4n) is 4.13. The van der Waals surface area contributed by atoms with Gasteiger partial charge in [-0.3, -0.25) is 0 Å². The highest BCUT2D eigenvalue weighted by Gasteiger charge is 2.31. The second-order valence-corrected chi connectivity index (χ2v) is 8.21. The third-order valence-corrected chi connectivity index (χ3v) is 5.67. The standard InChI is InChI=1S/C24H23F3N4O3/c25-24(26,27)34-18-8-4-5-15(11-18)19-13-22(28-17-9-10-20-21(12-17)33-14-32-20)31-23(30-19)29-16-6-2-1-3-7-16/h4-5,8-13,16H,1-3,6-7,14H2,(H2,28,29,30,31). The summed E-state index contributed by atoms with van der Waals surface area (Å²) in [6.07, 6.45) is 0.750. The Morgan fingerprint density at radius 1 is 0.912 bits per heavy atom. The van der Waals surface area contributed by atoms with E-state index in [2.05, 4.69) is 25.3 Å². The molecule has 0 atom stereocenters. The smallest absolute Gasteiger partial charge is 0.454 e. The summed E-state index contributed by atoms with van der Waals surface area (Å²) in [5.41, 5.74) is 1.67. The van der Waals surface area contributed by atoms with Crippen molar-refractivity contribution < 1.29 is 27.4 Å². The van der Waals surface area contributed by atoms with Crippen molar-refractivity contribution in [2.24, 2.45) is 0 Å². The summed E-state index contributed by atoms with van der Waals surface area (Å²) in [6.45, 7) is 0.169. The average molecular weight is 472 g/mol. The molecule has 1 aromatic heterocycles. The minimum atomic E-state index is -4.77. The number of nitrogens with one attached hydrogen (secondary N) is 2. The number of ether oxygens (including phenoxy) is 3. The topological polar surface area (TPSA) is 77.5 Å². The Labute approximate surface area is 194 Å². The number of alkyl halides is 3. The van der Waals surface area contributed by atoms with Crippen molar-refractivity contribution in [2.45, 2.75) is 44.5 Å². The summed E-state index contributed by atoms with van der Waals surface area (Å²) in [5, 5.41) is 6.63. The van der Waals surface area contributed by atoms with Crippen molar-refractivity contribution in [3.63, 3.8) is 0 Å². The van der Waals surface area contributed by atoms with Gasteiger partial charge in [-0.1, -0.05) is 31.4 Å².